The number of nitrogens with two attached hydrogens (primary N) is 2. The fraction of sp³-hybridized carbons (Fsp3) is 0.667. The summed E-state index contributed by atoms with van der Waals surface area (Å²) in [6.07, 6.45) is 3.70. The van der Waals surface area contributed by atoms with Crippen LogP contribution in [0.3, 0.4) is 0 Å². The molecule has 0 aliphatic rings. The molecular weight excluding hydrogens is 230 g/mol. The highest BCUT2D eigenvalue weighted by molar-refractivity contribution is 5.76. The van der Waals surface area contributed by atoms with Crippen molar-refractivity contribution in [3.05, 3.63) is 18.0 Å². The van der Waals surface area contributed by atoms with Crippen molar-refractivity contribution in [3.63, 3.8) is 0 Å². The average molecular weight is 253 g/mol. The monoisotopic (exact) mass is 253 g/mol. The first-order chi connectivity index (χ1) is 8.32. The lowest BCUT2D eigenvalue weighted by molar-refractivity contribution is -0.120. The van der Waals surface area contributed by atoms with Crippen molar-refractivity contribution < 1.29 is 4.79 Å². The zero-order valence-corrected chi connectivity index (χ0v) is 11.5. The number of amides is 1. The van der Waals surface area contributed by atoms with E-state index in [1.165, 1.54) is 0 Å². The van der Waals surface area contributed by atoms with Crippen LogP contribution in [-0.2, 0) is 11.8 Å². The average Bonchev–Trinajstić information content (AvgIpc) is 2.62. The Morgan fingerprint density at radius 3 is 2.44 bits per heavy atom. The van der Waals surface area contributed by atoms with Crippen LogP contribution in [0.4, 0.5) is 0 Å². The molecule has 0 saturated carbocycles. The minimum atomic E-state index is -0.349. The number of rotatable bonds is 6. The molecule has 4 N–H and O–H groups in total. The van der Waals surface area contributed by atoms with Gasteiger partial charge < -0.3 is 11.5 Å². The highest BCUT2D eigenvalue weighted by atomic mass is 16.1. The molecule has 1 aromatic rings. The third-order valence-electron chi connectivity index (χ3n) is 2.92. The van der Waals surface area contributed by atoms with Gasteiger partial charge in [0.05, 0.1) is 18.8 Å². The number of hydrogen-bond acceptors (Lipinski definition) is 4. The summed E-state index contributed by atoms with van der Waals surface area (Å²) >= 11 is 0. The van der Waals surface area contributed by atoms with Crippen LogP contribution < -0.4 is 11.5 Å². The van der Waals surface area contributed by atoms with Gasteiger partial charge in [-0.05, 0) is 20.8 Å². The highest BCUT2D eigenvalue weighted by Gasteiger charge is 2.28. The highest BCUT2D eigenvalue weighted by Crippen LogP contribution is 2.24. The van der Waals surface area contributed by atoms with Crippen molar-refractivity contribution in [1.29, 1.82) is 0 Å². The van der Waals surface area contributed by atoms with Crippen LogP contribution in [0.5, 0.6) is 0 Å². The normalized spacial score (nSPS) is 15.1. The third-order valence-corrected chi connectivity index (χ3v) is 2.92. The fourth-order valence-electron chi connectivity index (χ4n) is 2.17. The van der Waals surface area contributed by atoms with Crippen LogP contribution in [0.25, 0.3) is 0 Å². The van der Waals surface area contributed by atoms with E-state index < -0.39 is 0 Å². The van der Waals surface area contributed by atoms with Crippen LogP contribution in [-0.4, -0.2) is 39.2 Å². The van der Waals surface area contributed by atoms with Crippen LogP contribution in [0.15, 0.2) is 12.4 Å². The van der Waals surface area contributed by atoms with E-state index in [0.717, 1.165) is 5.56 Å². The molecule has 2 unspecified atom stereocenters. The van der Waals surface area contributed by atoms with E-state index in [0.29, 0.717) is 0 Å². The second-order valence-electron chi connectivity index (χ2n) is 4.98. The number of carbonyl (C=O) groups is 1. The summed E-state index contributed by atoms with van der Waals surface area (Å²) in [6, 6.07) is -0.00384. The second-order valence-corrected chi connectivity index (χ2v) is 4.98. The molecular formula is C12H23N5O. The molecule has 1 aromatic heterocycles. The Labute approximate surface area is 108 Å². The van der Waals surface area contributed by atoms with Crippen molar-refractivity contribution in [2.75, 3.05) is 6.54 Å². The molecule has 0 aromatic carbocycles. The maximum absolute atomic E-state index is 11.2. The van der Waals surface area contributed by atoms with Crippen LogP contribution in [0.2, 0.25) is 0 Å². The van der Waals surface area contributed by atoms with Gasteiger partial charge in [0.15, 0.2) is 0 Å². The van der Waals surface area contributed by atoms with E-state index in [4.69, 9.17) is 11.5 Å². The number of aryl methyl sites for hydroxylation is 1. The van der Waals surface area contributed by atoms with E-state index >= 15 is 0 Å². The number of nitrogens with zero attached hydrogens (tertiary/aromatic N) is 3. The molecule has 0 saturated heterocycles. The Hall–Kier alpha value is -1.40. The molecule has 2 atom stereocenters. The number of aromatic nitrogens is 2. The van der Waals surface area contributed by atoms with Gasteiger partial charge in [0.25, 0.3) is 0 Å². The molecule has 6 heteroatoms. The van der Waals surface area contributed by atoms with Gasteiger partial charge in [-0.25, -0.2) is 0 Å². The molecule has 0 bridgehead atoms. The van der Waals surface area contributed by atoms with Crippen molar-refractivity contribution in [2.45, 2.75) is 38.9 Å². The van der Waals surface area contributed by atoms with Gasteiger partial charge in [-0.15, -0.1) is 0 Å². The first-order valence-electron chi connectivity index (χ1n) is 6.11. The van der Waals surface area contributed by atoms with Gasteiger partial charge in [0.2, 0.25) is 5.91 Å². The Morgan fingerprint density at radius 1 is 1.50 bits per heavy atom. The molecule has 0 aliphatic carbocycles. The summed E-state index contributed by atoms with van der Waals surface area (Å²) in [5.74, 6) is -0.349. The quantitative estimate of drug-likeness (QED) is 0.747. The van der Waals surface area contributed by atoms with E-state index in [-0.39, 0.29) is 30.6 Å². The Morgan fingerprint density at radius 2 is 2.11 bits per heavy atom. The SMILES string of the molecule is CC(N)C(c1cnn(C)c1)N(CC(N)=O)C(C)C. The van der Waals surface area contributed by atoms with E-state index in [9.17, 15) is 4.79 Å². The zero-order chi connectivity index (χ0) is 13.9. The first-order valence-corrected chi connectivity index (χ1v) is 6.11. The smallest absolute Gasteiger partial charge is 0.231 e. The minimum Gasteiger partial charge on any atom is -0.369 e. The van der Waals surface area contributed by atoms with Crippen molar-refractivity contribution in [2.24, 2.45) is 18.5 Å². The first kappa shape index (κ1) is 14.7. The van der Waals surface area contributed by atoms with Gasteiger partial charge in [-0.3, -0.25) is 14.4 Å². The van der Waals surface area contributed by atoms with Gasteiger partial charge in [-0.2, -0.15) is 5.10 Å². The standard InChI is InChI=1S/C12H23N5O/c1-8(2)17(7-11(14)18)12(9(3)13)10-5-15-16(4)6-10/h5-6,8-9,12H,7,13H2,1-4H3,(H2,14,18). The maximum atomic E-state index is 11.2. The topological polar surface area (TPSA) is 90.2 Å². The lowest BCUT2D eigenvalue weighted by atomic mass is 10.0. The van der Waals surface area contributed by atoms with Gasteiger partial charge in [0, 0.05) is 30.9 Å². The van der Waals surface area contributed by atoms with Crippen LogP contribution in [0.1, 0.15) is 32.4 Å². The van der Waals surface area contributed by atoms with Crippen molar-refractivity contribution in [1.82, 2.24) is 14.7 Å². The van der Waals surface area contributed by atoms with E-state index in [2.05, 4.69) is 5.10 Å². The maximum Gasteiger partial charge on any atom is 0.231 e. The molecule has 1 amide bonds. The minimum absolute atomic E-state index is 0.0637. The molecule has 0 aliphatic heterocycles. The molecule has 102 valence electrons. The van der Waals surface area contributed by atoms with Crippen molar-refractivity contribution >= 4 is 5.91 Å². The van der Waals surface area contributed by atoms with Gasteiger partial charge in [-0.1, -0.05) is 0 Å². The molecule has 18 heavy (non-hydrogen) atoms. The zero-order valence-electron chi connectivity index (χ0n) is 11.5. The summed E-state index contributed by atoms with van der Waals surface area (Å²) in [7, 11) is 1.86. The molecule has 0 fully saturated rings. The molecule has 0 radical (unpaired) electrons. The summed E-state index contributed by atoms with van der Waals surface area (Å²) in [4.78, 5) is 13.2. The number of primary amides is 1. The predicted octanol–water partition coefficient (Wildman–Crippen LogP) is 0.00410. The Kier molecular flexibility index (Phi) is 4.86. The third kappa shape index (κ3) is 3.54. The largest absolute Gasteiger partial charge is 0.369 e. The summed E-state index contributed by atoms with van der Waals surface area (Å²) in [5.41, 5.74) is 12.4. The number of hydrogen-bond donors (Lipinski definition) is 2. The fourth-order valence-corrected chi connectivity index (χ4v) is 2.17. The second kappa shape index (κ2) is 5.97. The molecule has 0 spiro atoms. The Balaban J connectivity index is 3.04. The number of carbonyl (C=O) groups excluding carboxylic acids is 1. The van der Waals surface area contributed by atoms with E-state index in [1.54, 1.807) is 10.9 Å². The molecule has 1 rings (SSSR count). The Bertz CT molecular complexity index is 399. The lowest BCUT2D eigenvalue weighted by Gasteiger charge is -2.35. The van der Waals surface area contributed by atoms with Crippen LogP contribution >= 0.6 is 0 Å². The van der Waals surface area contributed by atoms with Crippen molar-refractivity contribution in [3.8, 4) is 0 Å². The van der Waals surface area contributed by atoms with Gasteiger partial charge >= 0.3 is 0 Å². The molecule has 6 nitrogen and oxygen atoms in total. The van der Waals surface area contributed by atoms with Crippen LogP contribution in [0, 0.1) is 0 Å². The van der Waals surface area contributed by atoms with E-state index in [1.807, 2.05) is 38.9 Å². The van der Waals surface area contributed by atoms with Gasteiger partial charge in [0.1, 0.15) is 0 Å². The summed E-state index contributed by atoms with van der Waals surface area (Å²) in [6.45, 7) is 6.16. The molecule has 1 heterocycles. The summed E-state index contributed by atoms with van der Waals surface area (Å²) < 4.78 is 1.73. The summed E-state index contributed by atoms with van der Waals surface area (Å²) in [5, 5.41) is 4.16. The predicted molar refractivity (Wildman–Crippen MR) is 70.6 cm³/mol. The lowest BCUT2D eigenvalue weighted by Crippen LogP contribution is -2.46.